The minimum atomic E-state index is -1.09. The number of nitrogens with one attached hydrogen (secondary N) is 1. The second kappa shape index (κ2) is 6.58. The smallest absolute Gasteiger partial charge is 0.329 e. The van der Waals surface area contributed by atoms with Crippen LogP contribution in [0.5, 0.6) is 0 Å². The van der Waals surface area contributed by atoms with E-state index in [0.717, 1.165) is 28.6 Å². The summed E-state index contributed by atoms with van der Waals surface area (Å²) < 4.78 is 0. The molecule has 0 radical (unpaired) electrons. The van der Waals surface area contributed by atoms with Crippen LogP contribution in [-0.4, -0.2) is 39.0 Å². The highest BCUT2D eigenvalue weighted by molar-refractivity contribution is 7.99. The Morgan fingerprint density at radius 3 is 2.70 bits per heavy atom. The van der Waals surface area contributed by atoms with Crippen molar-refractivity contribution >= 4 is 35.0 Å². The number of rotatable bonds is 5. The summed E-state index contributed by atoms with van der Waals surface area (Å²) in [7, 11) is 0. The molecular weight excluding hydrogens is 296 g/mol. The van der Waals surface area contributed by atoms with Crippen molar-refractivity contribution in [3.63, 3.8) is 0 Å². The summed E-state index contributed by atoms with van der Waals surface area (Å²) in [5.74, 6) is 0.345. The maximum absolute atomic E-state index is 12.1. The fourth-order valence-electron chi connectivity index (χ4n) is 2.18. The summed E-state index contributed by atoms with van der Waals surface area (Å²) in [6.07, 6.45) is 1.97. The van der Waals surface area contributed by atoms with Crippen LogP contribution < -0.4 is 5.32 Å². The molecule has 2 N–H and O–H groups in total. The molecule has 1 amide bonds. The van der Waals surface area contributed by atoms with E-state index in [0.29, 0.717) is 12.8 Å². The first-order chi connectivity index (χ1) is 9.55. The number of amides is 1. The van der Waals surface area contributed by atoms with Gasteiger partial charge in [0.15, 0.2) is 0 Å². The summed E-state index contributed by atoms with van der Waals surface area (Å²) in [6, 6.07) is 0. The van der Waals surface area contributed by atoms with Gasteiger partial charge in [0.2, 0.25) is 5.91 Å². The van der Waals surface area contributed by atoms with Crippen molar-refractivity contribution in [1.82, 2.24) is 10.3 Å². The van der Waals surface area contributed by atoms with Gasteiger partial charge in [-0.2, -0.15) is 11.8 Å². The number of hydrogen-bond acceptors (Lipinski definition) is 5. The van der Waals surface area contributed by atoms with Crippen LogP contribution in [0.2, 0.25) is 0 Å². The number of carboxylic acid groups (broad SMARTS) is 1. The fraction of sp³-hybridized carbons (Fsp3) is 0.615. The lowest BCUT2D eigenvalue weighted by Gasteiger charge is -2.33. The molecule has 1 aliphatic rings. The predicted octanol–water partition coefficient (Wildman–Crippen LogP) is 1.71. The van der Waals surface area contributed by atoms with Gasteiger partial charge < -0.3 is 10.4 Å². The number of carbonyl (C=O) groups is 2. The largest absolute Gasteiger partial charge is 0.480 e. The molecule has 2 heterocycles. The number of aryl methyl sites for hydroxylation is 1. The Morgan fingerprint density at radius 1 is 1.45 bits per heavy atom. The van der Waals surface area contributed by atoms with Crippen molar-refractivity contribution in [3.05, 3.63) is 16.1 Å². The zero-order valence-corrected chi connectivity index (χ0v) is 13.0. The summed E-state index contributed by atoms with van der Waals surface area (Å²) in [6.45, 7) is 2.02. The first-order valence-corrected chi connectivity index (χ1v) is 8.64. The zero-order chi connectivity index (χ0) is 14.6. The molecule has 0 bridgehead atoms. The zero-order valence-electron chi connectivity index (χ0n) is 11.3. The van der Waals surface area contributed by atoms with E-state index in [2.05, 4.69) is 10.3 Å². The van der Waals surface area contributed by atoms with Crippen molar-refractivity contribution in [2.24, 2.45) is 0 Å². The number of hydrogen-bond donors (Lipinski definition) is 2. The monoisotopic (exact) mass is 314 g/mol. The van der Waals surface area contributed by atoms with E-state index < -0.39 is 11.5 Å². The molecular formula is C13H18N2O3S2. The molecule has 0 unspecified atom stereocenters. The van der Waals surface area contributed by atoms with Crippen LogP contribution in [0.3, 0.4) is 0 Å². The van der Waals surface area contributed by atoms with Crippen LogP contribution >= 0.6 is 23.1 Å². The van der Waals surface area contributed by atoms with Crippen molar-refractivity contribution < 1.29 is 14.7 Å². The number of aromatic nitrogens is 1. The van der Waals surface area contributed by atoms with E-state index in [1.807, 2.05) is 12.3 Å². The molecule has 0 atom stereocenters. The Morgan fingerprint density at radius 2 is 2.15 bits per heavy atom. The molecule has 1 aliphatic heterocycles. The molecule has 0 aliphatic carbocycles. The second-order valence-corrected chi connectivity index (χ2v) is 6.98. The minimum Gasteiger partial charge on any atom is -0.480 e. The summed E-state index contributed by atoms with van der Waals surface area (Å²) in [4.78, 5) is 27.9. The third-order valence-electron chi connectivity index (χ3n) is 3.38. The van der Waals surface area contributed by atoms with E-state index in [1.165, 1.54) is 11.3 Å². The van der Waals surface area contributed by atoms with Crippen molar-refractivity contribution in [1.29, 1.82) is 0 Å². The molecule has 0 spiro atoms. The first-order valence-electron chi connectivity index (χ1n) is 6.61. The fourth-order valence-corrected chi connectivity index (χ4v) is 4.11. The van der Waals surface area contributed by atoms with Gasteiger partial charge in [-0.3, -0.25) is 4.79 Å². The molecule has 7 heteroatoms. The third kappa shape index (κ3) is 3.52. The quantitative estimate of drug-likeness (QED) is 0.865. The van der Waals surface area contributed by atoms with Gasteiger partial charge >= 0.3 is 5.97 Å². The minimum absolute atomic E-state index is 0.151. The van der Waals surface area contributed by atoms with Crippen LogP contribution in [0.1, 0.15) is 30.5 Å². The Hall–Kier alpha value is -1.08. The van der Waals surface area contributed by atoms with Gasteiger partial charge in [0.1, 0.15) is 5.54 Å². The number of carbonyl (C=O) groups excluding carboxylic acids is 1. The predicted molar refractivity (Wildman–Crippen MR) is 80.3 cm³/mol. The summed E-state index contributed by atoms with van der Waals surface area (Å²) in [5.41, 5.74) is -0.374. The van der Waals surface area contributed by atoms with E-state index in [1.54, 1.807) is 11.8 Å². The molecule has 1 saturated heterocycles. The second-order valence-electron chi connectivity index (χ2n) is 4.81. The molecule has 1 aromatic rings. The lowest BCUT2D eigenvalue weighted by Crippen LogP contribution is -2.56. The van der Waals surface area contributed by atoms with Gasteiger partial charge in [-0.15, -0.1) is 11.3 Å². The van der Waals surface area contributed by atoms with Crippen LogP contribution in [-0.2, 0) is 22.4 Å². The molecule has 2 rings (SSSR count). The number of nitrogens with zero attached hydrogens (tertiary/aromatic N) is 1. The van der Waals surface area contributed by atoms with E-state index in [-0.39, 0.29) is 12.3 Å². The highest BCUT2D eigenvalue weighted by atomic mass is 32.2. The number of thiazole rings is 1. The maximum Gasteiger partial charge on any atom is 0.329 e. The van der Waals surface area contributed by atoms with Crippen molar-refractivity contribution in [3.8, 4) is 0 Å². The highest BCUT2D eigenvalue weighted by Crippen LogP contribution is 2.27. The average molecular weight is 314 g/mol. The maximum atomic E-state index is 12.1. The van der Waals surface area contributed by atoms with Crippen molar-refractivity contribution in [2.45, 2.75) is 38.1 Å². The van der Waals surface area contributed by atoms with E-state index >= 15 is 0 Å². The van der Waals surface area contributed by atoms with Crippen LogP contribution in [0, 0.1) is 0 Å². The summed E-state index contributed by atoms with van der Waals surface area (Å²) in [5, 5.41) is 15.0. The Bertz CT molecular complexity index is 496. The van der Waals surface area contributed by atoms with Gasteiger partial charge in [-0.05, 0) is 30.8 Å². The first kappa shape index (κ1) is 15.3. The Balaban J connectivity index is 1.99. The standard InChI is InChI=1S/C13H18N2O3S2/c1-2-11-14-9(8-20-11)7-10(16)15-13(12(17)18)3-5-19-6-4-13/h8H,2-7H2,1H3,(H,15,16)(H,17,18). The molecule has 5 nitrogen and oxygen atoms in total. The lowest BCUT2D eigenvalue weighted by atomic mass is 9.92. The molecule has 0 aromatic carbocycles. The van der Waals surface area contributed by atoms with Gasteiger partial charge in [-0.25, -0.2) is 9.78 Å². The Kier molecular flexibility index (Phi) is 5.04. The molecule has 20 heavy (non-hydrogen) atoms. The van der Waals surface area contributed by atoms with Gasteiger partial charge in [0.25, 0.3) is 0 Å². The summed E-state index contributed by atoms with van der Waals surface area (Å²) >= 11 is 3.26. The number of aliphatic carboxylic acids is 1. The van der Waals surface area contributed by atoms with E-state index in [9.17, 15) is 14.7 Å². The SMILES string of the molecule is CCc1nc(CC(=O)NC2(C(=O)O)CCSCC2)cs1. The Labute approximate surface area is 126 Å². The average Bonchev–Trinajstić information content (AvgIpc) is 2.87. The molecule has 0 saturated carbocycles. The lowest BCUT2D eigenvalue weighted by molar-refractivity contribution is -0.148. The van der Waals surface area contributed by atoms with Crippen LogP contribution in [0.15, 0.2) is 5.38 Å². The van der Waals surface area contributed by atoms with Gasteiger partial charge in [0, 0.05) is 5.38 Å². The van der Waals surface area contributed by atoms with Gasteiger partial charge in [0.05, 0.1) is 17.1 Å². The number of thioether (sulfide) groups is 1. The van der Waals surface area contributed by atoms with E-state index in [4.69, 9.17) is 0 Å². The third-order valence-corrected chi connectivity index (χ3v) is 5.41. The molecule has 110 valence electrons. The molecule has 1 fully saturated rings. The van der Waals surface area contributed by atoms with Gasteiger partial charge in [-0.1, -0.05) is 6.92 Å². The molecule has 1 aromatic heterocycles. The van der Waals surface area contributed by atoms with Crippen LogP contribution in [0.4, 0.5) is 0 Å². The normalized spacial score (nSPS) is 17.6. The number of carboxylic acids is 1. The van der Waals surface area contributed by atoms with Crippen LogP contribution in [0.25, 0.3) is 0 Å². The van der Waals surface area contributed by atoms with Crippen molar-refractivity contribution in [2.75, 3.05) is 11.5 Å². The highest BCUT2D eigenvalue weighted by Gasteiger charge is 2.41. The topological polar surface area (TPSA) is 79.3 Å².